The van der Waals surface area contributed by atoms with Crippen LogP contribution in [0.2, 0.25) is 0 Å². The first-order chi connectivity index (χ1) is 6.22. The van der Waals surface area contributed by atoms with Gasteiger partial charge in [0.05, 0.1) is 6.61 Å². The van der Waals surface area contributed by atoms with Gasteiger partial charge in [-0.05, 0) is 26.7 Å². The molecule has 3 heteroatoms. The zero-order valence-electron chi connectivity index (χ0n) is 8.53. The van der Waals surface area contributed by atoms with Crippen molar-refractivity contribution in [2.24, 2.45) is 0 Å². The number of hydrogen-bond donors (Lipinski definition) is 2. The minimum Gasteiger partial charge on any atom is -0.395 e. The molecule has 0 radical (unpaired) electrons. The first-order valence-electron chi connectivity index (χ1n) is 5.35. The summed E-state index contributed by atoms with van der Waals surface area (Å²) in [7, 11) is 0. The van der Waals surface area contributed by atoms with Crippen molar-refractivity contribution in [2.75, 3.05) is 13.2 Å². The van der Waals surface area contributed by atoms with E-state index in [-0.39, 0.29) is 0 Å². The molecular formula is C10H20N2O. The number of nitrogens with zero attached hydrogens (tertiary/aromatic N) is 1. The van der Waals surface area contributed by atoms with E-state index in [1.807, 2.05) is 0 Å². The zero-order valence-corrected chi connectivity index (χ0v) is 8.53. The van der Waals surface area contributed by atoms with E-state index in [1.54, 1.807) is 0 Å². The molecule has 3 atom stereocenters. The normalized spacial score (nSPS) is 40.2. The fourth-order valence-corrected chi connectivity index (χ4v) is 2.74. The molecule has 76 valence electrons. The van der Waals surface area contributed by atoms with Gasteiger partial charge in [-0.3, -0.25) is 4.90 Å². The van der Waals surface area contributed by atoms with Crippen LogP contribution < -0.4 is 5.32 Å². The molecule has 2 heterocycles. The molecule has 0 amide bonds. The predicted molar refractivity (Wildman–Crippen MR) is 52.7 cm³/mol. The molecule has 2 rings (SSSR count). The molecule has 2 N–H and O–H groups in total. The highest BCUT2D eigenvalue weighted by atomic mass is 16.3. The van der Waals surface area contributed by atoms with Crippen LogP contribution in [-0.4, -0.2) is 47.3 Å². The second-order valence-electron chi connectivity index (χ2n) is 4.59. The molecule has 0 saturated carbocycles. The smallest absolute Gasteiger partial charge is 0.0602 e. The summed E-state index contributed by atoms with van der Waals surface area (Å²) in [4.78, 5) is 2.44. The van der Waals surface area contributed by atoms with Crippen molar-refractivity contribution >= 4 is 0 Å². The van der Waals surface area contributed by atoms with Gasteiger partial charge in [0.15, 0.2) is 0 Å². The lowest BCUT2D eigenvalue weighted by Crippen LogP contribution is -2.61. The molecular weight excluding hydrogens is 164 g/mol. The highest BCUT2D eigenvalue weighted by molar-refractivity contribution is 5.00. The fraction of sp³-hybridized carbons (Fsp3) is 1.00. The summed E-state index contributed by atoms with van der Waals surface area (Å²) in [5.41, 5.74) is 0. The van der Waals surface area contributed by atoms with Crippen LogP contribution >= 0.6 is 0 Å². The van der Waals surface area contributed by atoms with E-state index in [1.165, 1.54) is 12.8 Å². The van der Waals surface area contributed by atoms with Gasteiger partial charge >= 0.3 is 0 Å². The third-order valence-electron chi connectivity index (χ3n) is 3.45. The molecule has 2 bridgehead atoms. The molecule has 13 heavy (non-hydrogen) atoms. The van der Waals surface area contributed by atoms with Crippen LogP contribution in [0.1, 0.15) is 26.7 Å². The number of aliphatic hydroxyl groups excluding tert-OH is 1. The van der Waals surface area contributed by atoms with Crippen LogP contribution in [0.3, 0.4) is 0 Å². The van der Waals surface area contributed by atoms with Gasteiger partial charge in [0.25, 0.3) is 0 Å². The third-order valence-corrected chi connectivity index (χ3v) is 3.45. The van der Waals surface area contributed by atoms with E-state index < -0.39 is 0 Å². The van der Waals surface area contributed by atoms with E-state index in [9.17, 15) is 5.11 Å². The lowest BCUT2D eigenvalue weighted by Gasteiger charge is -2.42. The number of hydrogen-bond acceptors (Lipinski definition) is 3. The van der Waals surface area contributed by atoms with Crippen LogP contribution in [0.15, 0.2) is 0 Å². The van der Waals surface area contributed by atoms with Gasteiger partial charge in [0.1, 0.15) is 0 Å². The fourth-order valence-electron chi connectivity index (χ4n) is 2.74. The number of fused-ring (bicyclic) bond motifs is 2. The zero-order chi connectivity index (χ0) is 9.42. The first-order valence-corrected chi connectivity index (χ1v) is 5.35. The predicted octanol–water partition coefficient (Wildman–Crippen LogP) is 0.192. The minimum atomic E-state index is 0.294. The van der Waals surface area contributed by atoms with Crippen molar-refractivity contribution in [3.63, 3.8) is 0 Å². The summed E-state index contributed by atoms with van der Waals surface area (Å²) >= 11 is 0. The van der Waals surface area contributed by atoms with E-state index in [0.717, 1.165) is 6.54 Å². The summed E-state index contributed by atoms with van der Waals surface area (Å²) in [5.74, 6) is 0. The number of likely N-dealkylation sites (tertiary alicyclic amines) is 1. The average Bonchev–Trinajstić information content (AvgIpc) is 2.48. The maximum atomic E-state index is 9.35. The third kappa shape index (κ3) is 1.60. The lowest BCUT2D eigenvalue weighted by atomic mass is 10.0. The number of piperazine rings is 1. The van der Waals surface area contributed by atoms with Crippen molar-refractivity contribution in [1.29, 1.82) is 0 Å². The van der Waals surface area contributed by atoms with Gasteiger partial charge in [-0.1, -0.05) is 0 Å². The molecule has 3 unspecified atom stereocenters. The summed E-state index contributed by atoms with van der Waals surface area (Å²) < 4.78 is 0. The second-order valence-corrected chi connectivity index (χ2v) is 4.59. The summed E-state index contributed by atoms with van der Waals surface area (Å²) in [6, 6.07) is 2.11. The first kappa shape index (κ1) is 9.44. The quantitative estimate of drug-likeness (QED) is 0.643. The number of nitrogens with one attached hydrogen (secondary N) is 1. The molecule has 0 aromatic rings. The molecule has 2 fully saturated rings. The highest BCUT2D eigenvalue weighted by Crippen LogP contribution is 2.26. The Labute approximate surface area is 80.1 Å². The van der Waals surface area contributed by atoms with Crippen molar-refractivity contribution in [2.45, 2.75) is 50.9 Å². The lowest BCUT2D eigenvalue weighted by molar-refractivity contribution is 0.0464. The second kappa shape index (κ2) is 3.56. The SMILES string of the molecule is CC(C)N1CC2CCC(N2)C1CO. The Morgan fingerprint density at radius 3 is 2.85 bits per heavy atom. The van der Waals surface area contributed by atoms with Crippen molar-refractivity contribution in [3.05, 3.63) is 0 Å². The number of aliphatic hydroxyl groups is 1. The van der Waals surface area contributed by atoms with Crippen LogP contribution in [-0.2, 0) is 0 Å². The molecule has 0 aromatic carbocycles. The Balaban J connectivity index is 2.09. The van der Waals surface area contributed by atoms with Crippen LogP contribution in [0, 0.1) is 0 Å². The molecule has 0 aliphatic carbocycles. The van der Waals surface area contributed by atoms with Crippen molar-refractivity contribution in [3.8, 4) is 0 Å². The molecule has 2 aliphatic heterocycles. The Morgan fingerprint density at radius 2 is 2.23 bits per heavy atom. The largest absolute Gasteiger partial charge is 0.395 e. The van der Waals surface area contributed by atoms with Crippen molar-refractivity contribution < 1.29 is 5.11 Å². The number of rotatable bonds is 2. The Bertz CT molecular complexity index is 184. The van der Waals surface area contributed by atoms with Crippen LogP contribution in [0.25, 0.3) is 0 Å². The van der Waals surface area contributed by atoms with E-state index in [0.29, 0.717) is 30.8 Å². The molecule has 3 nitrogen and oxygen atoms in total. The summed E-state index contributed by atoms with van der Waals surface area (Å²) in [5, 5.41) is 12.9. The molecule has 2 aliphatic rings. The summed E-state index contributed by atoms with van der Waals surface area (Å²) in [6.07, 6.45) is 2.52. The Morgan fingerprint density at radius 1 is 1.46 bits per heavy atom. The Hall–Kier alpha value is -0.120. The van der Waals surface area contributed by atoms with Gasteiger partial charge < -0.3 is 10.4 Å². The standard InChI is InChI=1S/C10H20N2O/c1-7(2)12-5-8-3-4-9(11-8)10(12)6-13/h7-11,13H,3-6H2,1-2H3. The van der Waals surface area contributed by atoms with Crippen LogP contribution in [0.5, 0.6) is 0 Å². The monoisotopic (exact) mass is 184 g/mol. The minimum absolute atomic E-state index is 0.294. The van der Waals surface area contributed by atoms with Crippen molar-refractivity contribution in [1.82, 2.24) is 10.2 Å². The van der Waals surface area contributed by atoms with Gasteiger partial charge in [-0.2, -0.15) is 0 Å². The van der Waals surface area contributed by atoms with Gasteiger partial charge in [0.2, 0.25) is 0 Å². The van der Waals surface area contributed by atoms with E-state index >= 15 is 0 Å². The molecule has 2 saturated heterocycles. The van der Waals surface area contributed by atoms with E-state index in [4.69, 9.17) is 0 Å². The topological polar surface area (TPSA) is 35.5 Å². The van der Waals surface area contributed by atoms with E-state index in [2.05, 4.69) is 24.1 Å². The van der Waals surface area contributed by atoms with Crippen LogP contribution in [0.4, 0.5) is 0 Å². The maximum absolute atomic E-state index is 9.35. The molecule has 0 aromatic heterocycles. The maximum Gasteiger partial charge on any atom is 0.0602 e. The average molecular weight is 184 g/mol. The van der Waals surface area contributed by atoms with Gasteiger partial charge in [0, 0.05) is 30.7 Å². The van der Waals surface area contributed by atoms with Gasteiger partial charge in [-0.25, -0.2) is 0 Å². The molecule has 0 spiro atoms. The highest BCUT2D eigenvalue weighted by Gasteiger charge is 2.40. The van der Waals surface area contributed by atoms with Gasteiger partial charge in [-0.15, -0.1) is 0 Å². The summed E-state index contributed by atoms with van der Waals surface area (Å²) in [6.45, 7) is 5.84. The Kier molecular flexibility index (Phi) is 2.58.